The van der Waals surface area contributed by atoms with Gasteiger partial charge >= 0.3 is 0 Å². The van der Waals surface area contributed by atoms with Crippen LogP contribution in [0.1, 0.15) is 22.8 Å². The molecule has 2 rings (SSSR count). The number of hydrogen-bond acceptors (Lipinski definition) is 4. The number of aliphatic hydroxyl groups is 1. The lowest BCUT2D eigenvalue weighted by Crippen LogP contribution is -2.21. The van der Waals surface area contributed by atoms with E-state index < -0.39 is 6.10 Å². The summed E-state index contributed by atoms with van der Waals surface area (Å²) in [5, 5.41) is 22.4. The zero-order valence-corrected chi connectivity index (χ0v) is 11.9. The topological polar surface area (TPSA) is 65.3 Å². The van der Waals surface area contributed by atoms with Gasteiger partial charge in [0.05, 0.1) is 24.8 Å². The molecular weight excluding hydrogens is 264 g/mol. The Balaban J connectivity index is 1.92. The molecule has 0 amide bonds. The fourth-order valence-electron chi connectivity index (χ4n) is 2.09. The molecule has 0 aliphatic heterocycles. The first kappa shape index (κ1) is 15.0. The molecule has 1 unspecified atom stereocenters. The van der Waals surface area contributed by atoms with Gasteiger partial charge in [0.2, 0.25) is 0 Å². The molecule has 108 valence electrons. The molecule has 0 aliphatic rings. The predicted octanol–water partition coefficient (Wildman–Crippen LogP) is 2.39. The molecule has 4 heteroatoms. The van der Waals surface area contributed by atoms with Crippen molar-refractivity contribution in [1.82, 2.24) is 5.32 Å². The van der Waals surface area contributed by atoms with E-state index in [0.29, 0.717) is 18.7 Å². The van der Waals surface area contributed by atoms with Gasteiger partial charge in [-0.3, -0.25) is 0 Å². The van der Waals surface area contributed by atoms with E-state index in [-0.39, 0.29) is 0 Å². The quantitative estimate of drug-likeness (QED) is 0.854. The SMILES string of the molecule is COc1cccc(C(O)CNCc2ccccc2C#N)c1. The lowest BCUT2D eigenvalue weighted by molar-refractivity contribution is 0.174. The van der Waals surface area contributed by atoms with Crippen LogP contribution in [0.2, 0.25) is 0 Å². The average molecular weight is 282 g/mol. The van der Waals surface area contributed by atoms with Gasteiger partial charge in [-0.15, -0.1) is 0 Å². The second-order valence-corrected chi connectivity index (χ2v) is 4.69. The van der Waals surface area contributed by atoms with Crippen molar-refractivity contribution in [1.29, 1.82) is 5.26 Å². The van der Waals surface area contributed by atoms with E-state index >= 15 is 0 Å². The molecule has 21 heavy (non-hydrogen) atoms. The normalized spacial score (nSPS) is 11.7. The van der Waals surface area contributed by atoms with E-state index in [1.807, 2.05) is 42.5 Å². The highest BCUT2D eigenvalue weighted by atomic mass is 16.5. The highest BCUT2D eigenvalue weighted by Crippen LogP contribution is 2.18. The van der Waals surface area contributed by atoms with Gasteiger partial charge in [-0.1, -0.05) is 30.3 Å². The molecule has 0 heterocycles. The Morgan fingerprint density at radius 1 is 1.24 bits per heavy atom. The first-order valence-corrected chi connectivity index (χ1v) is 6.75. The Bertz CT molecular complexity index is 635. The molecule has 0 saturated heterocycles. The van der Waals surface area contributed by atoms with Crippen molar-refractivity contribution in [3.05, 3.63) is 65.2 Å². The smallest absolute Gasteiger partial charge is 0.119 e. The molecule has 0 radical (unpaired) electrons. The number of rotatable bonds is 6. The van der Waals surface area contributed by atoms with Crippen LogP contribution >= 0.6 is 0 Å². The molecule has 0 spiro atoms. The molecule has 2 aromatic carbocycles. The van der Waals surface area contributed by atoms with Gasteiger partial charge in [-0.05, 0) is 29.3 Å². The van der Waals surface area contributed by atoms with Gasteiger partial charge in [0, 0.05) is 13.1 Å². The van der Waals surface area contributed by atoms with Gasteiger partial charge in [0.1, 0.15) is 5.75 Å². The first-order chi connectivity index (χ1) is 10.2. The zero-order chi connectivity index (χ0) is 15.1. The van der Waals surface area contributed by atoms with Gasteiger partial charge in [-0.2, -0.15) is 5.26 Å². The average Bonchev–Trinajstić information content (AvgIpc) is 2.55. The van der Waals surface area contributed by atoms with Crippen molar-refractivity contribution in [2.24, 2.45) is 0 Å². The molecule has 2 N–H and O–H groups in total. The zero-order valence-electron chi connectivity index (χ0n) is 11.9. The Labute approximate surface area is 124 Å². The lowest BCUT2D eigenvalue weighted by atomic mass is 10.1. The second-order valence-electron chi connectivity index (χ2n) is 4.69. The monoisotopic (exact) mass is 282 g/mol. The molecule has 0 aromatic heterocycles. The molecule has 0 fully saturated rings. The molecule has 2 aromatic rings. The number of aliphatic hydroxyl groups excluding tert-OH is 1. The molecule has 0 bridgehead atoms. The van der Waals surface area contributed by atoms with Crippen molar-refractivity contribution in [2.75, 3.05) is 13.7 Å². The summed E-state index contributed by atoms with van der Waals surface area (Å²) in [5.41, 5.74) is 2.38. The molecular formula is C17H18N2O2. The van der Waals surface area contributed by atoms with E-state index in [2.05, 4.69) is 11.4 Å². The van der Waals surface area contributed by atoms with Crippen LogP contribution in [0.25, 0.3) is 0 Å². The Hall–Kier alpha value is -2.35. The van der Waals surface area contributed by atoms with E-state index in [1.165, 1.54) is 0 Å². The van der Waals surface area contributed by atoms with Crippen molar-refractivity contribution < 1.29 is 9.84 Å². The van der Waals surface area contributed by atoms with Crippen LogP contribution < -0.4 is 10.1 Å². The van der Waals surface area contributed by atoms with Gasteiger partial charge in [-0.25, -0.2) is 0 Å². The number of benzene rings is 2. The van der Waals surface area contributed by atoms with Crippen molar-refractivity contribution in [3.8, 4) is 11.8 Å². The first-order valence-electron chi connectivity index (χ1n) is 6.75. The van der Waals surface area contributed by atoms with Crippen LogP contribution in [0.5, 0.6) is 5.75 Å². The van der Waals surface area contributed by atoms with E-state index in [1.54, 1.807) is 13.2 Å². The summed E-state index contributed by atoms with van der Waals surface area (Å²) in [4.78, 5) is 0. The summed E-state index contributed by atoms with van der Waals surface area (Å²) >= 11 is 0. The lowest BCUT2D eigenvalue weighted by Gasteiger charge is -2.13. The highest BCUT2D eigenvalue weighted by Gasteiger charge is 2.08. The minimum absolute atomic E-state index is 0.410. The number of nitrogens with one attached hydrogen (secondary N) is 1. The minimum atomic E-state index is -0.616. The van der Waals surface area contributed by atoms with Crippen LogP contribution in [-0.2, 0) is 6.54 Å². The third kappa shape index (κ3) is 4.06. The van der Waals surface area contributed by atoms with Crippen LogP contribution in [-0.4, -0.2) is 18.8 Å². The third-order valence-electron chi connectivity index (χ3n) is 3.27. The number of methoxy groups -OCH3 is 1. The molecule has 1 atom stereocenters. The molecule has 0 aliphatic carbocycles. The third-order valence-corrected chi connectivity index (χ3v) is 3.27. The van der Waals surface area contributed by atoms with Crippen molar-refractivity contribution in [3.63, 3.8) is 0 Å². The summed E-state index contributed by atoms with van der Waals surface area (Å²) in [6.45, 7) is 0.956. The Morgan fingerprint density at radius 3 is 2.81 bits per heavy atom. The van der Waals surface area contributed by atoms with Crippen LogP contribution in [0.3, 0.4) is 0 Å². The number of nitriles is 1. The highest BCUT2D eigenvalue weighted by molar-refractivity contribution is 5.37. The van der Waals surface area contributed by atoms with Crippen LogP contribution in [0, 0.1) is 11.3 Å². The maximum atomic E-state index is 10.2. The predicted molar refractivity (Wildman–Crippen MR) is 80.8 cm³/mol. The van der Waals surface area contributed by atoms with Crippen molar-refractivity contribution in [2.45, 2.75) is 12.6 Å². The van der Waals surface area contributed by atoms with E-state index in [4.69, 9.17) is 10.00 Å². The standard InChI is InChI=1S/C17H18N2O2/c1-21-16-8-4-7-13(9-16)17(20)12-19-11-15-6-3-2-5-14(15)10-18/h2-9,17,19-20H,11-12H2,1H3. The molecule has 4 nitrogen and oxygen atoms in total. The second kappa shape index (κ2) is 7.44. The summed E-state index contributed by atoms with van der Waals surface area (Å²) in [5.74, 6) is 0.723. The Kier molecular flexibility index (Phi) is 5.33. The maximum Gasteiger partial charge on any atom is 0.119 e. The molecule has 0 saturated carbocycles. The number of nitrogens with zero attached hydrogens (tertiary/aromatic N) is 1. The summed E-state index contributed by atoms with van der Waals surface area (Å²) in [7, 11) is 1.60. The minimum Gasteiger partial charge on any atom is -0.497 e. The van der Waals surface area contributed by atoms with Crippen LogP contribution in [0.4, 0.5) is 0 Å². The maximum absolute atomic E-state index is 10.2. The largest absolute Gasteiger partial charge is 0.497 e. The number of hydrogen-bond donors (Lipinski definition) is 2. The fourth-order valence-corrected chi connectivity index (χ4v) is 2.09. The Morgan fingerprint density at radius 2 is 2.05 bits per heavy atom. The summed E-state index contributed by atoms with van der Waals surface area (Å²) < 4.78 is 5.14. The van der Waals surface area contributed by atoms with Gasteiger partial charge in [0.15, 0.2) is 0 Å². The van der Waals surface area contributed by atoms with E-state index in [9.17, 15) is 5.11 Å². The summed E-state index contributed by atoms with van der Waals surface area (Å²) in [6.07, 6.45) is -0.616. The summed E-state index contributed by atoms with van der Waals surface area (Å²) in [6, 6.07) is 17.0. The van der Waals surface area contributed by atoms with Gasteiger partial charge < -0.3 is 15.2 Å². The number of ether oxygens (including phenoxy) is 1. The van der Waals surface area contributed by atoms with Crippen LogP contribution in [0.15, 0.2) is 48.5 Å². The van der Waals surface area contributed by atoms with Crippen molar-refractivity contribution >= 4 is 0 Å². The van der Waals surface area contributed by atoms with Gasteiger partial charge in [0.25, 0.3) is 0 Å². The van der Waals surface area contributed by atoms with E-state index in [0.717, 1.165) is 16.9 Å². The fraction of sp³-hybridized carbons (Fsp3) is 0.235.